The molecule has 0 aliphatic carbocycles. The summed E-state index contributed by atoms with van der Waals surface area (Å²) >= 11 is 0. The molecule has 0 spiro atoms. The fourth-order valence-electron chi connectivity index (χ4n) is 2.39. The Labute approximate surface area is 131 Å². The number of likely N-dealkylation sites (tertiary alicyclic amines) is 1. The van der Waals surface area contributed by atoms with Crippen LogP contribution < -0.4 is 10.4 Å². The Bertz CT molecular complexity index is 804. The van der Waals surface area contributed by atoms with Crippen molar-refractivity contribution in [2.24, 2.45) is 0 Å². The summed E-state index contributed by atoms with van der Waals surface area (Å²) in [5, 5.41) is 8.87. The first-order chi connectivity index (χ1) is 11.2. The zero-order valence-electron chi connectivity index (χ0n) is 12.1. The molecule has 0 saturated carbocycles. The molecule has 1 saturated heterocycles. The van der Waals surface area contributed by atoms with Crippen molar-refractivity contribution in [3.8, 4) is 11.9 Å². The van der Waals surface area contributed by atoms with Crippen LogP contribution in [0.3, 0.4) is 0 Å². The summed E-state index contributed by atoms with van der Waals surface area (Å²) < 4.78 is 10.4. The Kier molecular flexibility index (Phi) is 4.06. The van der Waals surface area contributed by atoms with Crippen molar-refractivity contribution in [3.05, 3.63) is 58.3 Å². The number of rotatable bonds is 3. The number of hydrogen-bond acceptors (Lipinski definition) is 6. The molecule has 7 heteroatoms. The van der Waals surface area contributed by atoms with Crippen molar-refractivity contribution in [2.75, 3.05) is 13.1 Å². The molecule has 23 heavy (non-hydrogen) atoms. The molecular weight excluding hydrogens is 298 g/mol. The number of carbonyl (C=O) groups is 1. The highest BCUT2D eigenvalue weighted by Crippen LogP contribution is 2.19. The number of amides is 1. The molecule has 0 bridgehead atoms. The second-order valence-electron chi connectivity index (χ2n) is 5.12. The lowest BCUT2D eigenvalue weighted by atomic mass is 10.2. The van der Waals surface area contributed by atoms with Gasteiger partial charge in [0.2, 0.25) is 5.88 Å². The van der Waals surface area contributed by atoms with Crippen LogP contribution >= 0.6 is 0 Å². The summed E-state index contributed by atoms with van der Waals surface area (Å²) in [6.07, 6.45) is 3.16. The number of nitrogens with zero attached hydrogens (tertiary/aromatic N) is 3. The van der Waals surface area contributed by atoms with Crippen molar-refractivity contribution in [1.29, 1.82) is 5.26 Å². The van der Waals surface area contributed by atoms with Gasteiger partial charge >= 0.3 is 5.63 Å². The van der Waals surface area contributed by atoms with E-state index >= 15 is 0 Å². The molecule has 0 aromatic carbocycles. The van der Waals surface area contributed by atoms with E-state index in [1.54, 1.807) is 17.0 Å². The van der Waals surface area contributed by atoms with E-state index in [9.17, 15) is 9.59 Å². The maximum atomic E-state index is 12.3. The summed E-state index contributed by atoms with van der Waals surface area (Å²) in [6.45, 7) is 0.955. The van der Waals surface area contributed by atoms with E-state index in [1.807, 2.05) is 6.07 Å². The molecule has 1 fully saturated rings. The van der Waals surface area contributed by atoms with Crippen molar-refractivity contribution in [2.45, 2.75) is 12.5 Å². The van der Waals surface area contributed by atoms with Gasteiger partial charge in [0.05, 0.1) is 23.7 Å². The van der Waals surface area contributed by atoms with Gasteiger partial charge < -0.3 is 14.1 Å². The second-order valence-corrected chi connectivity index (χ2v) is 5.12. The summed E-state index contributed by atoms with van der Waals surface area (Å²) in [6, 6.07) is 7.85. The highest BCUT2D eigenvalue weighted by molar-refractivity contribution is 5.93. The highest BCUT2D eigenvalue weighted by Gasteiger charge is 2.28. The molecule has 2 aromatic heterocycles. The Balaban J connectivity index is 1.64. The summed E-state index contributed by atoms with van der Waals surface area (Å²) in [5.74, 6) is 0.160. The molecule has 0 N–H and O–H groups in total. The second kappa shape index (κ2) is 6.32. The van der Waals surface area contributed by atoms with Crippen LogP contribution in [0, 0.1) is 11.3 Å². The number of hydrogen-bond donors (Lipinski definition) is 0. The smallest absolute Gasteiger partial charge is 0.335 e. The summed E-state index contributed by atoms with van der Waals surface area (Å²) in [7, 11) is 0. The molecule has 7 nitrogen and oxygen atoms in total. The van der Waals surface area contributed by atoms with Crippen LogP contribution in [0.15, 0.2) is 45.9 Å². The lowest BCUT2D eigenvalue weighted by molar-refractivity contribution is 0.0768. The SMILES string of the molecule is N#Cc1ccnc(OC2CCN(C(=O)c3ccc(=O)oc3)C2)c1. The number of pyridine rings is 1. The first-order valence-electron chi connectivity index (χ1n) is 7.06. The third-order valence-corrected chi connectivity index (χ3v) is 3.53. The number of carbonyl (C=O) groups excluding carboxylic acids is 1. The standard InChI is InChI=1S/C16H13N3O4/c17-8-11-3-5-18-14(7-11)23-13-4-6-19(9-13)16(21)12-1-2-15(20)22-10-12/h1-3,5,7,10,13H,4,6,9H2. The van der Waals surface area contributed by atoms with Crippen LogP contribution in [0.25, 0.3) is 0 Å². The topological polar surface area (TPSA) is 96.4 Å². The van der Waals surface area contributed by atoms with Crippen LogP contribution in [0.1, 0.15) is 22.3 Å². The zero-order valence-corrected chi connectivity index (χ0v) is 12.1. The fraction of sp³-hybridized carbons (Fsp3) is 0.250. The molecule has 116 valence electrons. The van der Waals surface area contributed by atoms with Gasteiger partial charge in [-0.2, -0.15) is 5.26 Å². The largest absolute Gasteiger partial charge is 0.472 e. The predicted molar refractivity (Wildman–Crippen MR) is 78.9 cm³/mol. The van der Waals surface area contributed by atoms with Gasteiger partial charge in [-0.15, -0.1) is 0 Å². The van der Waals surface area contributed by atoms with Crippen molar-refractivity contribution in [3.63, 3.8) is 0 Å². The van der Waals surface area contributed by atoms with Gasteiger partial charge in [0.15, 0.2) is 0 Å². The molecular formula is C16H13N3O4. The fourth-order valence-corrected chi connectivity index (χ4v) is 2.39. The minimum atomic E-state index is -0.493. The Morgan fingerprint density at radius 2 is 2.30 bits per heavy atom. The Morgan fingerprint density at radius 1 is 1.43 bits per heavy atom. The quantitative estimate of drug-likeness (QED) is 0.845. The minimum Gasteiger partial charge on any atom is -0.472 e. The van der Waals surface area contributed by atoms with E-state index in [0.29, 0.717) is 36.5 Å². The first-order valence-corrected chi connectivity index (χ1v) is 7.06. The third kappa shape index (κ3) is 3.37. The van der Waals surface area contributed by atoms with Gasteiger partial charge in [0.1, 0.15) is 12.4 Å². The van der Waals surface area contributed by atoms with Crippen LogP contribution in [-0.4, -0.2) is 35.0 Å². The third-order valence-electron chi connectivity index (χ3n) is 3.53. The normalized spacial score (nSPS) is 16.8. The van der Waals surface area contributed by atoms with Crippen LogP contribution in [0.4, 0.5) is 0 Å². The molecule has 1 atom stereocenters. The van der Waals surface area contributed by atoms with E-state index < -0.39 is 5.63 Å². The number of ether oxygens (including phenoxy) is 1. The van der Waals surface area contributed by atoms with E-state index in [2.05, 4.69) is 4.98 Å². The van der Waals surface area contributed by atoms with E-state index in [0.717, 1.165) is 6.26 Å². The molecule has 1 aliphatic heterocycles. The van der Waals surface area contributed by atoms with Gasteiger partial charge in [-0.1, -0.05) is 0 Å². The average Bonchev–Trinajstić information content (AvgIpc) is 3.03. The first kappa shape index (κ1) is 14.8. The van der Waals surface area contributed by atoms with Gasteiger partial charge in [-0.3, -0.25) is 4.79 Å². The highest BCUT2D eigenvalue weighted by atomic mass is 16.5. The molecule has 3 heterocycles. The Hall–Kier alpha value is -3.14. The van der Waals surface area contributed by atoms with Crippen LogP contribution in [-0.2, 0) is 0 Å². The minimum absolute atomic E-state index is 0.184. The maximum Gasteiger partial charge on any atom is 0.335 e. The maximum absolute atomic E-state index is 12.3. The summed E-state index contributed by atoms with van der Waals surface area (Å²) in [5.41, 5.74) is 0.308. The van der Waals surface area contributed by atoms with Crippen LogP contribution in [0.2, 0.25) is 0 Å². The van der Waals surface area contributed by atoms with E-state index in [-0.39, 0.29) is 12.0 Å². The van der Waals surface area contributed by atoms with E-state index in [1.165, 1.54) is 18.3 Å². The Morgan fingerprint density at radius 3 is 3.04 bits per heavy atom. The molecule has 2 aromatic rings. The lowest BCUT2D eigenvalue weighted by Gasteiger charge is -2.16. The van der Waals surface area contributed by atoms with E-state index in [4.69, 9.17) is 14.4 Å². The van der Waals surface area contributed by atoms with Crippen LogP contribution in [0.5, 0.6) is 5.88 Å². The average molecular weight is 311 g/mol. The van der Waals surface area contributed by atoms with Crippen molar-refractivity contribution >= 4 is 5.91 Å². The lowest BCUT2D eigenvalue weighted by Crippen LogP contribution is -2.31. The van der Waals surface area contributed by atoms with Gasteiger partial charge in [0.25, 0.3) is 5.91 Å². The summed E-state index contributed by atoms with van der Waals surface area (Å²) in [4.78, 5) is 28.9. The molecule has 1 amide bonds. The number of nitriles is 1. The predicted octanol–water partition coefficient (Wildman–Crippen LogP) is 1.20. The van der Waals surface area contributed by atoms with Crippen molar-refractivity contribution < 1.29 is 13.9 Å². The number of aromatic nitrogens is 1. The molecule has 1 unspecified atom stereocenters. The molecule has 0 radical (unpaired) electrons. The molecule has 1 aliphatic rings. The van der Waals surface area contributed by atoms with Gasteiger partial charge in [0, 0.05) is 31.3 Å². The van der Waals surface area contributed by atoms with Crippen molar-refractivity contribution in [1.82, 2.24) is 9.88 Å². The van der Waals surface area contributed by atoms with Gasteiger partial charge in [-0.25, -0.2) is 9.78 Å². The molecule has 3 rings (SSSR count). The zero-order chi connectivity index (χ0) is 16.2. The van der Waals surface area contributed by atoms with Gasteiger partial charge in [-0.05, 0) is 12.1 Å². The monoisotopic (exact) mass is 311 g/mol.